The molecule has 4 heterocycles. The summed E-state index contributed by atoms with van der Waals surface area (Å²) < 4.78 is 3.13. The number of piperidine rings is 1. The first kappa shape index (κ1) is 22.0. The number of aromatic nitrogens is 1. The minimum Gasteiger partial charge on any atom is -0.368 e. The van der Waals surface area contributed by atoms with E-state index < -0.39 is 0 Å². The zero-order chi connectivity index (χ0) is 23.1. The number of benzene rings is 1. The molecule has 0 atom stereocenters. The van der Waals surface area contributed by atoms with Crippen molar-refractivity contribution in [3.63, 3.8) is 0 Å². The molecule has 7 heteroatoms. The zero-order valence-electron chi connectivity index (χ0n) is 19.7. The number of aryl methyl sites for hydroxylation is 3. The number of likely N-dealkylation sites (tertiary alicyclic amines) is 1. The number of carbonyl (C=O) groups excluding carboxylic acids is 2. The Balaban J connectivity index is 1.16. The van der Waals surface area contributed by atoms with Crippen LogP contribution in [0.2, 0.25) is 0 Å². The second-order valence-corrected chi connectivity index (χ2v) is 10.4. The van der Waals surface area contributed by atoms with Gasteiger partial charge in [0.1, 0.15) is 5.69 Å². The first-order valence-electron chi connectivity index (χ1n) is 11.9. The summed E-state index contributed by atoms with van der Waals surface area (Å²) in [6.07, 6.45) is 1.50. The maximum absolute atomic E-state index is 13.2. The summed E-state index contributed by atoms with van der Waals surface area (Å²) in [5.74, 6) is 0.370. The van der Waals surface area contributed by atoms with E-state index in [1.807, 2.05) is 27.5 Å². The number of anilines is 1. The molecule has 33 heavy (non-hydrogen) atoms. The lowest BCUT2D eigenvalue weighted by Crippen LogP contribution is -2.52. The summed E-state index contributed by atoms with van der Waals surface area (Å²) in [6.45, 7) is 8.86. The maximum Gasteiger partial charge on any atom is 0.270 e. The highest BCUT2D eigenvalue weighted by atomic mass is 32.1. The summed E-state index contributed by atoms with van der Waals surface area (Å²) in [4.78, 5) is 32.7. The zero-order valence-corrected chi connectivity index (χ0v) is 20.5. The van der Waals surface area contributed by atoms with Crippen molar-refractivity contribution in [2.45, 2.75) is 26.7 Å². The van der Waals surface area contributed by atoms with Crippen LogP contribution in [-0.4, -0.2) is 65.4 Å². The summed E-state index contributed by atoms with van der Waals surface area (Å²) in [5.41, 5.74) is 5.69. The Bertz CT molecular complexity index is 1180. The van der Waals surface area contributed by atoms with E-state index in [-0.39, 0.29) is 17.7 Å². The van der Waals surface area contributed by atoms with Crippen molar-refractivity contribution in [2.24, 2.45) is 13.0 Å². The third-order valence-electron chi connectivity index (χ3n) is 7.31. The fourth-order valence-corrected chi connectivity index (χ4v) is 6.08. The second kappa shape index (κ2) is 8.86. The van der Waals surface area contributed by atoms with E-state index >= 15 is 0 Å². The lowest BCUT2D eigenvalue weighted by Gasteiger charge is -2.39. The van der Waals surface area contributed by atoms with Gasteiger partial charge in [-0.25, -0.2) is 0 Å². The molecule has 0 saturated carbocycles. The van der Waals surface area contributed by atoms with Crippen molar-refractivity contribution in [1.29, 1.82) is 0 Å². The Kier molecular flexibility index (Phi) is 5.91. The number of amides is 2. The molecule has 0 bridgehead atoms. The molecule has 0 unspecified atom stereocenters. The van der Waals surface area contributed by atoms with E-state index in [2.05, 4.69) is 48.4 Å². The van der Waals surface area contributed by atoms with Crippen LogP contribution in [0.5, 0.6) is 0 Å². The summed E-state index contributed by atoms with van der Waals surface area (Å²) in [5, 5.41) is 2.05. The van der Waals surface area contributed by atoms with E-state index in [9.17, 15) is 9.59 Å². The van der Waals surface area contributed by atoms with Crippen LogP contribution in [0.3, 0.4) is 0 Å². The molecule has 5 rings (SSSR count). The molecule has 2 aliphatic heterocycles. The van der Waals surface area contributed by atoms with Crippen LogP contribution in [0.15, 0.2) is 35.7 Å². The van der Waals surface area contributed by atoms with Gasteiger partial charge in [0, 0.05) is 57.9 Å². The monoisotopic (exact) mass is 464 g/mol. The van der Waals surface area contributed by atoms with Gasteiger partial charge >= 0.3 is 0 Å². The Morgan fingerprint density at radius 1 is 0.909 bits per heavy atom. The number of nitrogens with zero attached hydrogens (tertiary/aromatic N) is 4. The fourth-order valence-electron chi connectivity index (χ4n) is 5.23. The number of hydrogen-bond donors (Lipinski definition) is 0. The van der Waals surface area contributed by atoms with Gasteiger partial charge in [-0.3, -0.25) is 9.59 Å². The molecular weight excluding hydrogens is 432 g/mol. The van der Waals surface area contributed by atoms with Gasteiger partial charge in [-0.1, -0.05) is 12.1 Å². The van der Waals surface area contributed by atoms with Gasteiger partial charge in [-0.2, -0.15) is 0 Å². The van der Waals surface area contributed by atoms with Crippen LogP contribution >= 0.6 is 11.3 Å². The quantitative estimate of drug-likeness (QED) is 0.587. The number of fused-ring (bicyclic) bond motifs is 1. The summed E-state index contributed by atoms with van der Waals surface area (Å²) in [6, 6.07) is 10.6. The smallest absolute Gasteiger partial charge is 0.270 e. The van der Waals surface area contributed by atoms with Gasteiger partial charge in [-0.05, 0) is 61.4 Å². The molecule has 0 aliphatic carbocycles. The number of hydrogen-bond acceptors (Lipinski definition) is 4. The third kappa shape index (κ3) is 4.14. The molecule has 2 aliphatic rings. The average Bonchev–Trinajstić information content (AvgIpc) is 3.43. The van der Waals surface area contributed by atoms with Crippen LogP contribution in [0.25, 0.3) is 10.2 Å². The maximum atomic E-state index is 13.2. The molecule has 0 spiro atoms. The van der Waals surface area contributed by atoms with Crippen molar-refractivity contribution in [1.82, 2.24) is 14.4 Å². The van der Waals surface area contributed by atoms with Crippen LogP contribution in [0, 0.1) is 19.8 Å². The van der Waals surface area contributed by atoms with Crippen molar-refractivity contribution >= 4 is 39.1 Å². The Hall–Kier alpha value is -2.80. The SMILES string of the molecule is Cc1ccc(C)c(N2CCN(C(=O)C3CCN(C(=O)c4cc5sccc5n4C)CC3)CC2)c1. The Labute approximate surface area is 199 Å². The highest BCUT2D eigenvalue weighted by molar-refractivity contribution is 7.17. The van der Waals surface area contributed by atoms with Crippen molar-refractivity contribution in [3.8, 4) is 0 Å². The molecule has 174 valence electrons. The predicted molar refractivity (Wildman–Crippen MR) is 134 cm³/mol. The summed E-state index contributed by atoms with van der Waals surface area (Å²) >= 11 is 1.66. The number of piperazine rings is 1. The lowest BCUT2D eigenvalue weighted by atomic mass is 9.94. The number of rotatable bonds is 3. The highest BCUT2D eigenvalue weighted by Crippen LogP contribution is 2.28. The molecule has 0 N–H and O–H groups in total. The molecule has 2 amide bonds. The number of thiophene rings is 1. The molecule has 6 nitrogen and oxygen atoms in total. The van der Waals surface area contributed by atoms with E-state index in [4.69, 9.17) is 0 Å². The van der Waals surface area contributed by atoms with Gasteiger partial charge in [0.2, 0.25) is 5.91 Å². The second-order valence-electron chi connectivity index (χ2n) is 9.43. The number of carbonyl (C=O) groups is 2. The van der Waals surface area contributed by atoms with Crippen molar-refractivity contribution in [3.05, 3.63) is 52.5 Å². The Morgan fingerprint density at radius 2 is 1.64 bits per heavy atom. The third-order valence-corrected chi connectivity index (χ3v) is 8.16. The van der Waals surface area contributed by atoms with Gasteiger partial charge < -0.3 is 19.3 Å². The molecule has 3 aromatic rings. The lowest BCUT2D eigenvalue weighted by molar-refractivity contribution is -0.137. The van der Waals surface area contributed by atoms with Crippen LogP contribution in [-0.2, 0) is 11.8 Å². The van der Waals surface area contributed by atoms with E-state index in [1.165, 1.54) is 16.8 Å². The highest BCUT2D eigenvalue weighted by Gasteiger charge is 2.32. The molecular formula is C26H32N4O2S. The van der Waals surface area contributed by atoms with Crippen molar-refractivity contribution < 1.29 is 9.59 Å². The normalized spacial score (nSPS) is 17.7. The van der Waals surface area contributed by atoms with Gasteiger partial charge in [0.25, 0.3) is 5.91 Å². The largest absolute Gasteiger partial charge is 0.368 e. The molecule has 0 radical (unpaired) electrons. The van der Waals surface area contributed by atoms with Crippen LogP contribution < -0.4 is 4.90 Å². The molecule has 2 aromatic heterocycles. The first-order chi connectivity index (χ1) is 15.9. The topological polar surface area (TPSA) is 48.8 Å². The first-order valence-corrected chi connectivity index (χ1v) is 12.7. The summed E-state index contributed by atoms with van der Waals surface area (Å²) in [7, 11) is 1.95. The van der Waals surface area contributed by atoms with Gasteiger partial charge in [-0.15, -0.1) is 11.3 Å². The van der Waals surface area contributed by atoms with Gasteiger partial charge in [0.05, 0.1) is 10.2 Å². The molecule has 2 fully saturated rings. The fraction of sp³-hybridized carbons (Fsp3) is 0.462. The van der Waals surface area contributed by atoms with Crippen LogP contribution in [0.4, 0.5) is 5.69 Å². The van der Waals surface area contributed by atoms with Crippen molar-refractivity contribution in [2.75, 3.05) is 44.2 Å². The molecule has 1 aromatic carbocycles. The van der Waals surface area contributed by atoms with E-state index in [0.717, 1.165) is 54.9 Å². The predicted octanol–water partition coefficient (Wildman–Crippen LogP) is 4.06. The van der Waals surface area contributed by atoms with Crippen LogP contribution in [0.1, 0.15) is 34.5 Å². The average molecular weight is 465 g/mol. The minimum atomic E-state index is 0.0261. The van der Waals surface area contributed by atoms with E-state index in [0.29, 0.717) is 13.1 Å². The Morgan fingerprint density at radius 3 is 2.33 bits per heavy atom. The molecule has 2 saturated heterocycles. The van der Waals surface area contributed by atoms with Gasteiger partial charge in [0.15, 0.2) is 0 Å². The minimum absolute atomic E-state index is 0.0261. The standard InChI is InChI=1S/C26H32N4O2S/c1-18-4-5-19(2)22(16-18)28-11-13-30(14-12-28)25(31)20-6-9-29(10-7-20)26(32)23-17-24-21(27(23)3)8-15-33-24/h4-5,8,15-17,20H,6-7,9-14H2,1-3H3. The van der Waals surface area contributed by atoms with E-state index in [1.54, 1.807) is 11.3 Å².